The first-order valence-electron chi connectivity index (χ1n) is 7.82. The van der Waals surface area contributed by atoms with Crippen LogP contribution >= 0.6 is 11.6 Å². The van der Waals surface area contributed by atoms with Crippen LogP contribution < -0.4 is 5.32 Å². The molecule has 0 aliphatic rings. The monoisotopic (exact) mass is 329 g/mol. The largest absolute Gasteiger partial charge is 0.461 e. The van der Waals surface area contributed by atoms with Crippen molar-refractivity contribution in [2.45, 2.75) is 26.0 Å². The summed E-state index contributed by atoms with van der Waals surface area (Å²) < 4.78 is 5.89. The van der Waals surface area contributed by atoms with E-state index in [4.69, 9.17) is 16.0 Å². The Hall–Kier alpha value is -1.81. The van der Waals surface area contributed by atoms with E-state index in [1.54, 1.807) is 12.1 Å². The maximum absolute atomic E-state index is 10.3. The highest BCUT2D eigenvalue weighted by molar-refractivity contribution is 6.30. The van der Waals surface area contributed by atoms with Gasteiger partial charge in [0.1, 0.15) is 11.3 Å². The summed E-state index contributed by atoms with van der Waals surface area (Å²) in [5.74, 6) is 1.000. The number of furan rings is 1. The van der Waals surface area contributed by atoms with Gasteiger partial charge in [0.25, 0.3) is 0 Å². The molecular formula is C19H20ClNO2. The molecule has 0 aliphatic carbocycles. The Balaban J connectivity index is 1.67. The second-order valence-electron chi connectivity index (χ2n) is 5.55. The Morgan fingerprint density at radius 2 is 1.87 bits per heavy atom. The topological polar surface area (TPSA) is 45.4 Å². The summed E-state index contributed by atoms with van der Waals surface area (Å²) in [6.45, 7) is 3.24. The third-order valence-corrected chi connectivity index (χ3v) is 4.25. The molecule has 3 aromatic rings. The Morgan fingerprint density at radius 1 is 1.13 bits per heavy atom. The summed E-state index contributed by atoms with van der Waals surface area (Å²) >= 11 is 5.87. The summed E-state index contributed by atoms with van der Waals surface area (Å²) in [6, 6.07) is 15.3. The van der Waals surface area contributed by atoms with Crippen LogP contribution in [-0.2, 0) is 13.0 Å². The summed E-state index contributed by atoms with van der Waals surface area (Å²) in [5, 5.41) is 15.4. The van der Waals surface area contributed by atoms with Gasteiger partial charge in [0.15, 0.2) is 0 Å². The average Bonchev–Trinajstić information content (AvgIpc) is 2.93. The third-order valence-electron chi connectivity index (χ3n) is 4.00. The number of hydrogen-bond acceptors (Lipinski definition) is 3. The first-order valence-corrected chi connectivity index (χ1v) is 8.20. The maximum atomic E-state index is 10.3. The molecule has 0 bridgehead atoms. The van der Waals surface area contributed by atoms with Crippen LogP contribution in [-0.4, -0.2) is 11.7 Å². The fourth-order valence-electron chi connectivity index (χ4n) is 2.77. The number of aliphatic hydroxyl groups excluding tert-OH is 1. The van der Waals surface area contributed by atoms with Gasteiger partial charge < -0.3 is 14.8 Å². The normalized spacial score (nSPS) is 12.7. The standard InChI is InChI=1S/C19H20ClNO2/c1-2-18-16(15-5-3-4-6-19(15)23-18)11-21-12-17(22)13-7-9-14(20)10-8-13/h3-10,17,21-22H,2,11-12H2,1H3. The number of halogens is 1. The molecule has 4 heteroatoms. The molecule has 2 aromatic carbocycles. The van der Waals surface area contributed by atoms with Crippen molar-refractivity contribution >= 4 is 22.6 Å². The van der Waals surface area contributed by atoms with E-state index in [2.05, 4.69) is 18.3 Å². The van der Waals surface area contributed by atoms with Gasteiger partial charge >= 0.3 is 0 Å². The molecule has 0 aliphatic heterocycles. The smallest absolute Gasteiger partial charge is 0.134 e. The van der Waals surface area contributed by atoms with Gasteiger partial charge in [-0.2, -0.15) is 0 Å². The predicted octanol–water partition coefficient (Wildman–Crippen LogP) is 4.47. The number of para-hydroxylation sites is 1. The number of rotatable bonds is 6. The van der Waals surface area contributed by atoms with Gasteiger partial charge in [0.2, 0.25) is 0 Å². The van der Waals surface area contributed by atoms with Crippen LogP contribution in [0.1, 0.15) is 29.9 Å². The minimum atomic E-state index is -0.560. The van der Waals surface area contributed by atoms with E-state index in [0.717, 1.165) is 28.7 Å². The van der Waals surface area contributed by atoms with Crippen molar-refractivity contribution < 1.29 is 9.52 Å². The van der Waals surface area contributed by atoms with Crippen molar-refractivity contribution in [1.29, 1.82) is 0 Å². The van der Waals surface area contributed by atoms with Crippen molar-refractivity contribution in [3.63, 3.8) is 0 Å². The van der Waals surface area contributed by atoms with Crippen LogP contribution in [0.4, 0.5) is 0 Å². The van der Waals surface area contributed by atoms with E-state index >= 15 is 0 Å². The molecule has 1 heterocycles. The lowest BCUT2D eigenvalue weighted by atomic mass is 10.1. The lowest BCUT2D eigenvalue weighted by Gasteiger charge is -2.12. The van der Waals surface area contributed by atoms with Crippen LogP contribution in [0.2, 0.25) is 5.02 Å². The summed E-state index contributed by atoms with van der Waals surface area (Å²) in [6.07, 6.45) is 0.293. The number of nitrogens with one attached hydrogen (secondary N) is 1. The first-order chi connectivity index (χ1) is 11.2. The zero-order chi connectivity index (χ0) is 16.2. The molecule has 0 fully saturated rings. The first kappa shape index (κ1) is 16.1. The van der Waals surface area contributed by atoms with Crippen molar-refractivity contribution in [2.75, 3.05) is 6.54 Å². The molecule has 23 heavy (non-hydrogen) atoms. The second kappa shape index (κ2) is 7.18. The molecule has 0 amide bonds. The lowest BCUT2D eigenvalue weighted by Crippen LogP contribution is -2.21. The lowest BCUT2D eigenvalue weighted by molar-refractivity contribution is 0.174. The Bertz CT molecular complexity index is 780. The van der Waals surface area contributed by atoms with Crippen molar-refractivity contribution in [2.24, 2.45) is 0 Å². The van der Waals surface area contributed by atoms with Gasteiger partial charge in [0.05, 0.1) is 6.10 Å². The zero-order valence-electron chi connectivity index (χ0n) is 13.1. The summed E-state index contributed by atoms with van der Waals surface area (Å²) in [4.78, 5) is 0. The Kier molecular flexibility index (Phi) is 5.01. The van der Waals surface area contributed by atoms with Gasteiger partial charge in [0, 0.05) is 35.5 Å². The molecule has 1 unspecified atom stereocenters. The average molecular weight is 330 g/mol. The highest BCUT2D eigenvalue weighted by atomic mass is 35.5. The molecule has 2 N–H and O–H groups in total. The molecule has 0 saturated heterocycles. The quantitative estimate of drug-likeness (QED) is 0.701. The molecule has 1 aromatic heterocycles. The Morgan fingerprint density at radius 3 is 2.61 bits per heavy atom. The molecule has 1 atom stereocenters. The second-order valence-corrected chi connectivity index (χ2v) is 5.99. The molecule has 3 rings (SSSR count). The number of fused-ring (bicyclic) bond motifs is 1. The van der Waals surface area contributed by atoms with E-state index in [9.17, 15) is 5.11 Å². The van der Waals surface area contributed by atoms with E-state index in [0.29, 0.717) is 18.1 Å². The Labute approximate surface area is 140 Å². The fourth-order valence-corrected chi connectivity index (χ4v) is 2.89. The number of hydrogen-bond donors (Lipinski definition) is 2. The van der Waals surface area contributed by atoms with Crippen LogP contribution in [0, 0.1) is 0 Å². The zero-order valence-corrected chi connectivity index (χ0v) is 13.8. The molecular weight excluding hydrogens is 310 g/mol. The molecule has 0 radical (unpaired) electrons. The van der Waals surface area contributed by atoms with Crippen LogP contribution in [0.3, 0.4) is 0 Å². The summed E-state index contributed by atoms with van der Waals surface area (Å²) in [7, 11) is 0. The predicted molar refractivity (Wildman–Crippen MR) is 93.7 cm³/mol. The highest BCUT2D eigenvalue weighted by Crippen LogP contribution is 2.26. The minimum Gasteiger partial charge on any atom is -0.461 e. The van der Waals surface area contributed by atoms with E-state index in [-0.39, 0.29) is 0 Å². The van der Waals surface area contributed by atoms with Crippen molar-refractivity contribution in [3.8, 4) is 0 Å². The summed E-state index contributed by atoms with van der Waals surface area (Å²) in [5.41, 5.74) is 2.94. The van der Waals surface area contributed by atoms with Gasteiger partial charge in [-0.05, 0) is 23.8 Å². The van der Waals surface area contributed by atoms with Crippen molar-refractivity contribution in [3.05, 3.63) is 70.4 Å². The number of benzene rings is 2. The molecule has 0 saturated carbocycles. The fraction of sp³-hybridized carbons (Fsp3) is 0.263. The van der Waals surface area contributed by atoms with E-state index < -0.39 is 6.10 Å². The molecule has 0 spiro atoms. The van der Waals surface area contributed by atoms with Gasteiger partial charge in [-0.3, -0.25) is 0 Å². The van der Waals surface area contributed by atoms with Gasteiger partial charge in [-0.1, -0.05) is 48.9 Å². The highest BCUT2D eigenvalue weighted by Gasteiger charge is 2.13. The van der Waals surface area contributed by atoms with Crippen LogP contribution in [0.5, 0.6) is 0 Å². The minimum absolute atomic E-state index is 0.476. The van der Waals surface area contributed by atoms with E-state index in [1.807, 2.05) is 30.3 Å². The molecule has 120 valence electrons. The van der Waals surface area contributed by atoms with E-state index in [1.165, 1.54) is 5.56 Å². The van der Waals surface area contributed by atoms with Crippen molar-refractivity contribution in [1.82, 2.24) is 5.32 Å². The number of aliphatic hydroxyl groups is 1. The van der Waals surface area contributed by atoms with Gasteiger partial charge in [-0.25, -0.2) is 0 Å². The maximum Gasteiger partial charge on any atom is 0.134 e. The van der Waals surface area contributed by atoms with Gasteiger partial charge in [-0.15, -0.1) is 0 Å². The van der Waals surface area contributed by atoms with Crippen LogP contribution in [0.15, 0.2) is 52.9 Å². The SMILES string of the molecule is CCc1oc2ccccc2c1CNCC(O)c1ccc(Cl)cc1. The molecule has 3 nitrogen and oxygen atoms in total. The number of aryl methyl sites for hydroxylation is 1. The van der Waals surface area contributed by atoms with Crippen LogP contribution in [0.25, 0.3) is 11.0 Å². The third kappa shape index (κ3) is 3.58.